The van der Waals surface area contributed by atoms with Crippen LogP contribution >= 0.6 is 11.3 Å². The van der Waals surface area contributed by atoms with E-state index in [0.29, 0.717) is 18.9 Å². The third-order valence-corrected chi connectivity index (χ3v) is 5.86. The van der Waals surface area contributed by atoms with Crippen LogP contribution in [0.3, 0.4) is 0 Å². The van der Waals surface area contributed by atoms with E-state index in [-0.39, 0.29) is 11.8 Å². The number of carbonyl (C=O) groups is 2. The van der Waals surface area contributed by atoms with E-state index in [1.54, 1.807) is 23.2 Å². The SMILES string of the molecule is Cc1ccsc1C1CC1C(=O)N1CCCC1(C)C(=O)O. The van der Waals surface area contributed by atoms with Gasteiger partial charge in [-0.2, -0.15) is 0 Å². The van der Waals surface area contributed by atoms with Crippen molar-refractivity contribution in [1.82, 2.24) is 4.90 Å². The molecule has 0 radical (unpaired) electrons. The fraction of sp³-hybridized carbons (Fsp3) is 0.600. The Morgan fingerprint density at radius 1 is 1.50 bits per heavy atom. The largest absolute Gasteiger partial charge is 0.480 e. The van der Waals surface area contributed by atoms with Gasteiger partial charge in [0.1, 0.15) is 5.54 Å². The number of carboxylic acid groups (broad SMARTS) is 1. The zero-order valence-electron chi connectivity index (χ0n) is 11.8. The molecule has 1 saturated heterocycles. The Morgan fingerprint density at radius 2 is 2.25 bits per heavy atom. The predicted octanol–water partition coefficient (Wildman–Crippen LogP) is 2.63. The number of carboxylic acids is 1. The topological polar surface area (TPSA) is 57.6 Å². The fourth-order valence-corrected chi connectivity index (χ4v) is 4.37. The van der Waals surface area contributed by atoms with Crippen molar-refractivity contribution in [2.75, 3.05) is 6.54 Å². The second-order valence-corrected chi connectivity index (χ2v) is 7.04. The Balaban J connectivity index is 1.75. The maximum Gasteiger partial charge on any atom is 0.329 e. The molecule has 0 bridgehead atoms. The highest BCUT2D eigenvalue weighted by molar-refractivity contribution is 7.10. The van der Waals surface area contributed by atoms with E-state index in [1.165, 1.54) is 10.4 Å². The van der Waals surface area contributed by atoms with E-state index >= 15 is 0 Å². The lowest BCUT2D eigenvalue weighted by Gasteiger charge is -2.31. The van der Waals surface area contributed by atoms with Gasteiger partial charge in [-0.05, 0) is 50.1 Å². The molecule has 0 spiro atoms. The highest BCUT2D eigenvalue weighted by Gasteiger charge is 2.53. The summed E-state index contributed by atoms with van der Waals surface area (Å²) in [6.45, 7) is 4.32. The van der Waals surface area contributed by atoms with Gasteiger partial charge in [0.15, 0.2) is 0 Å². The highest BCUT2D eigenvalue weighted by atomic mass is 32.1. The van der Waals surface area contributed by atoms with E-state index in [2.05, 4.69) is 18.4 Å². The van der Waals surface area contributed by atoms with E-state index in [4.69, 9.17) is 0 Å². The summed E-state index contributed by atoms with van der Waals surface area (Å²) in [5, 5.41) is 11.5. The molecule has 1 aromatic rings. The molecule has 5 heteroatoms. The molecule has 1 aromatic heterocycles. The zero-order valence-corrected chi connectivity index (χ0v) is 12.6. The lowest BCUT2D eigenvalue weighted by molar-refractivity contribution is -0.155. The van der Waals surface area contributed by atoms with Crippen molar-refractivity contribution < 1.29 is 14.7 Å². The van der Waals surface area contributed by atoms with E-state index in [0.717, 1.165) is 12.8 Å². The summed E-state index contributed by atoms with van der Waals surface area (Å²) in [4.78, 5) is 27.0. The van der Waals surface area contributed by atoms with Crippen LogP contribution in [0.1, 0.15) is 42.5 Å². The van der Waals surface area contributed by atoms with Crippen LogP contribution in [-0.4, -0.2) is 34.0 Å². The minimum Gasteiger partial charge on any atom is -0.480 e. The second-order valence-electron chi connectivity index (χ2n) is 6.09. The standard InChI is InChI=1S/C15H19NO3S/c1-9-4-7-20-12(9)10-8-11(10)13(17)16-6-3-5-15(16,2)14(18)19/h4,7,10-11H,3,5-6,8H2,1-2H3,(H,18,19). The lowest BCUT2D eigenvalue weighted by Crippen LogP contribution is -2.51. The third-order valence-electron chi connectivity index (χ3n) is 4.71. The summed E-state index contributed by atoms with van der Waals surface area (Å²) in [5.74, 6) is -0.552. The number of rotatable bonds is 3. The molecule has 108 valence electrons. The Bertz CT molecular complexity index is 567. The molecule has 2 fully saturated rings. The molecule has 2 aliphatic rings. The van der Waals surface area contributed by atoms with Gasteiger partial charge in [0.05, 0.1) is 0 Å². The third kappa shape index (κ3) is 1.95. The van der Waals surface area contributed by atoms with E-state index in [9.17, 15) is 14.7 Å². The van der Waals surface area contributed by atoms with Crippen molar-refractivity contribution in [3.05, 3.63) is 21.9 Å². The molecule has 3 rings (SSSR count). The first kappa shape index (κ1) is 13.6. The first-order valence-corrected chi connectivity index (χ1v) is 7.92. The summed E-state index contributed by atoms with van der Waals surface area (Å²) >= 11 is 1.70. The molecule has 0 aromatic carbocycles. The highest BCUT2D eigenvalue weighted by Crippen LogP contribution is 2.52. The molecule has 1 amide bonds. The van der Waals surface area contributed by atoms with E-state index in [1.807, 2.05) is 0 Å². The minimum atomic E-state index is -1.01. The van der Waals surface area contributed by atoms with Crippen LogP contribution < -0.4 is 0 Å². The number of nitrogens with zero attached hydrogens (tertiary/aromatic N) is 1. The number of amides is 1. The van der Waals surface area contributed by atoms with Crippen LogP contribution in [0.5, 0.6) is 0 Å². The van der Waals surface area contributed by atoms with Gasteiger partial charge in [-0.15, -0.1) is 11.3 Å². The van der Waals surface area contributed by atoms with Crippen molar-refractivity contribution in [1.29, 1.82) is 0 Å². The molecule has 1 N–H and O–H groups in total. The summed E-state index contributed by atoms with van der Waals surface area (Å²) in [5.41, 5.74) is 0.243. The Labute approximate surface area is 122 Å². The summed E-state index contributed by atoms with van der Waals surface area (Å²) in [6.07, 6.45) is 2.21. The summed E-state index contributed by atoms with van der Waals surface area (Å²) in [7, 11) is 0. The molecule has 1 saturated carbocycles. The van der Waals surface area contributed by atoms with Crippen LogP contribution in [0.15, 0.2) is 11.4 Å². The fourth-order valence-electron chi connectivity index (χ4n) is 3.26. The van der Waals surface area contributed by atoms with Gasteiger partial charge in [-0.1, -0.05) is 0 Å². The van der Waals surface area contributed by atoms with Gasteiger partial charge in [0, 0.05) is 23.3 Å². The molecule has 4 nitrogen and oxygen atoms in total. The lowest BCUT2D eigenvalue weighted by atomic mass is 9.99. The summed E-state index contributed by atoms with van der Waals surface area (Å²) in [6, 6.07) is 2.08. The van der Waals surface area contributed by atoms with Crippen LogP contribution in [0.4, 0.5) is 0 Å². The van der Waals surface area contributed by atoms with Gasteiger partial charge >= 0.3 is 5.97 Å². The molecule has 1 aliphatic heterocycles. The molecule has 3 unspecified atom stereocenters. The zero-order chi connectivity index (χ0) is 14.5. The number of hydrogen-bond acceptors (Lipinski definition) is 3. The maximum absolute atomic E-state index is 12.6. The number of carbonyl (C=O) groups excluding carboxylic acids is 1. The van der Waals surface area contributed by atoms with Crippen LogP contribution in [0.2, 0.25) is 0 Å². The normalized spacial score (nSPS) is 32.4. The smallest absolute Gasteiger partial charge is 0.329 e. The van der Waals surface area contributed by atoms with Crippen LogP contribution in [-0.2, 0) is 9.59 Å². The van der Waals surface area contributed by atoms with Gasteiger partial charge in [0.25, 0.3) is 0 Å². The van der Waals surface area contributed by atoms with Gasteiger partial charge in [0.2, 0.25) is 5.91 Å². The molecule has 20 heavy (non-hydrogen) atoms. The number of aliphatic carboxylic acids is 1. The Hall–Kier alpha value is -1.36. The maximum atomic E-state index is 12.6. The Morgan fingerprint density at radius 3 is 2.85 bits per heavy atom. The number of thiophene rings is 1. The first-order valence-electron chi connectivity index (χ1n) is 7.04. The van der Waals surface area contributed by atoms with Gasteiger partial charge < -0.3 is 10.0 Å². The molecule has 2 heterocycles. The second kappa shape index (κ2) is 4.58. The quantitative estimate of drug-likeness (QED) is 0.932. The van der Waals surface area contributed by atoms with Gasteiger partial charge in [-0.3, -0.25) is 4.79 Å². The van der Waals surface area contributed by atoms with Gasteiger partial charge in [-0.25, -0.2) is 4.79 Å². The first-order chi connectivity index (χ1) is 9.45. The van der Waals surface area contributed by atoms with Crippen molar-refractivity contribution in [3.8, 4) is 0 Å². The number of likely N-dealkylation sites (tertiary alicyclic amines) is 1. The van der Waals surface area contributed by atoms with Crippen LogP contribution in [0.25, 0.3) is 0 Å². The van der Waals surface area contributed by atoms with Crippen molar-refractivity contribution >= 4 is 23.2 Å². The van der Waals surface area contributed by atoms with Crippen molar-refractivity contribution in [2.24, 2.45) is 5.92 Å². The number of hydrogen-bond donors (Lipinski definition) is 1. The summed E-state index contributed by atoms with van der Waals surface area (Å²) < 4.78 is 0. The van der Waals surface area contributed by atoms with E-state index < -0.39 is 11.5 Å². The molecular formula is C15H19NO3S. The molecule has 1 aliphatic carbocycles. The average molecular weight is 293 g/mol. The molecule has 3 atom stereocenters. The van der Waals surface area contributed by atoms with Crippen molar-refractivity contribution in [2.45, 2.75) is 44.6 Å². The van der Waals surface area contributed by atoms with Crippen molar-refractivity contribution in [3.63, 3.8) is 0 Å². The number of aryl methyl sites for hydroxylation is 1. The Kier molecular flexibility index (Phi) is 3.12. The molecular weight excluding hydrogens is 274 g/mol. The minimum absolute atomic E-state index is 0.0101. The monoisotopic (exact) mass is 293 g/mol. The predicted molar refractivity (Wildman–Crippen MR) is 76.9 cm³/mol. The average Bonchev–Trinajstić information content (AvgIpc) is 2.91. The van der Waals surface area contributed by atoms with Crippen LogP contribution in [0, 0.1) is 12.8 Å².